The molecule has 0 saturated carbocycles. The zero-order valence-corrected chi connectivity index (χ0v) is 5.81. The Hall–Kier alpha value is -0.0800. The summed E-state index contributed by atoms with van der Waals surface area (Å²) < 4.78 is 0. The highest BCUT2D eigenvalue weighted by Gasteiger charge is 2.19. The molecule has 0 aromatic carbocycles. The number of nitrogens with two attached hydrogens (primary N) is 1. The minimum Gasteiger partial charge on any atom is -0.390 e. The first-order valence-electron chi connectivity index (χ1n) is 2.91. The van der Waals surface area contributed by atoms with Gasteiger partial charge >= 0.3 is 0 Å². The molecule has 3 N–H and O–H groups in total. The molecule has 0 rings (SSSR count). The second-order valence-electron chi connectivity index (χ2n) is 2.79. The zero-order valence-electron chi connectivity index (χ0n) is 5.81. The van der Waals surface area contributed by atoms with Crippen LogP contribution in [-0.4, -0.2) is 17.3 Å². The van der Waals surface area contributed by atoms with Crippen LogP contribution in [0, 0.1) is 5.92 Å². The summed E-state index contributed by atoms with van der Waals surface area (Å²) in [5.74, 6) is 0.183. The maximum Gasteiger partial charge on any atom is 0.0629 e. The normalized spacial score (nSPS) is 16.1. The lowest BCUT2D eigenvalue weighted by Crippen LogP contribution is -2.33. The van der Waals surface area contributed by atoms with Crippen molar-refractivity contribution in [1.29, 1.82) is 0 Å². The van der Waals surface area contributed by atoms with Crippen molar-refractivity contribution in [3.63, 3.8) is 0 Å². The Morgan fingerprint density at radius 1 is 1.62 bits per heavy atom. The highest BCUT2D eigenvalue weighted by molar-refractivity contribution is 4.73. The van der Waals surface area contributed by atoms with E-state index >= 15 is 0 Å². The Labute approximate surface area is 50.7 Å². The number of hydrogen-bond acceptors (Lipinski definition) is 2. The Kier molecular flexibility index (Phi) is 2.44. The van der Waals surface area contributed by atoms with Crippen LogP contribution in [0.2, 0.25) is 0 Å². The van der Waals surface area contributed by atoms with Crippen LogP contribution in [-0.2, 0) is 0 Å². The Bertz CT molecular complexity index is 65.4. The average Bonchev–Trinajstić information content (AvgIpc) is 1.62. The fourth-order valence-electron chi connectivity index (χ4n) is 0.288. The first-order chi connectivity index (χ1) is 3.48. The number of aliphatic hydroxyl groups is 1. The van der Waals surface area contributed by atoms with E-state index in [1.807, 2.05) is 6.92 Å². The highest BCUT2D eigenvalue weighted by atomic mass is 16.3. The third-order valence-corrected chi connectivity index (χ3v) is 1.56. The summed E-state index contributed by atoms with van der Waals surface area (Å²) in [6.07, 6.45) is 0. The fraction of sp³-hybridized carbons (Fsp3) is 1.00. The standard InChI is InChI=1S/C6H15NO/c1-5(4-7)6(2,3)8/h5,8H,4,7H2,1-3H3/t5-/m0/s1. The van der Waals surface area contributed by atoms with Gasteiger partial charge in [-0.1, -0.05) is 6.92 Å². The van der Waals surface area contributed by atoms with Crippen LogP contribution in [0.4, 0.5) is 0 Å². The average molecular weight is 117 g/mol. The van der Waals surface area contributed by atoms with Crippen molar-refractivity contribution >= 4 is 0 Å². The van der Waals surface area contributed by atoms with Crippen LogP contribution in [0.3, 0.4) is 0 Å². The molecule has 0 aliphatic carbocycles. The zero-order chi connectivity index (χ0) is 6.78. The first kappa shape index (κ1) is 7.92. The van der Waals surface area contributed by atoms with Gasteiger partial charge in [0.1, 0.15) is 0 Å². The molecule has 0 aliphatic rings. The minimum absolute atomic E-state index is 0.183. The van der Waals surface area contributed by atoms with Crippen LogP contribution < -0.4 is 5.73 Å². The van der Waals surface area contributed by atoms with E-state index in [-0.39, 0.29) is 5.92 Å². The second kappa shape index (κ2) is 2.46. The van der Waals surface area contributed by atoms with E-state index in [1.165, 1.54) is 0 Å². The molecule has 0 aliphatic heterocycles. The van der Waals surface area contributed by atoms with E-state index in [2.05, 4.69) is 0 Å². The monoisotopic (exact) mass is 117 g/mol. The molecule has 0 bridgehead atoms. The number of rotatable bonds is 2. The summed E-state index contributed by atoms with van der Waals surface area (Å²) in [6.45, 7) is 6.01. The Morgan fingerprint density at radius 2 is 2.00 bits per heavy atom. The Morgan fingerprint density at radius 3 is 2.00 bits per heavy atom. The topological polar surface area (TPSA) is 46.2 Å². The summed E-state index contributed by atoms with van der Waals surface area (Å²) in [6, 6.07) is 0. The molecule has 0 spiro atoms. The third-order valence-electron chi connectivity index (χ3n) is 1.56. The highest BCUT2D eigenvalue weighted by Crippen LogP contribution is 2.12. The molecular formula is C6H15NO. The van der Waals surface area contributed by atoms with Gasteiger partial charge in [0.05, 0.1) is 5.60 Å². The SMILES string of the molecule is C[C@@H](CN)C(C)(C)O. The van der Waals surface area contributed by atoms with Gasteiger partial charge in [-0.3, -0.25) is 0 Å². The van der Waals surface area contributed by atoms with Crippen LogP contribution in [0.15, 0.2) is 0 Å². The summed E-state index contributed by atoms with van der Waals surface area (Å²) in [5, 5.41) is 9.21. The molecule has 0 unspecified atom stereocenters. The molecule has 0 fully saturated rings. The summed E-state index contributed by atoms with van der Waals surface area (Å²) in [7, 11) is 0. The second-order valence-corrected chi connectivity index (χ2v) is 2.79. The van der Waals surface area contributed by atoms with Gasteiger partial charge in [0.15, 0.2) is 0 Å². The van der Waals surface area contributed by atoms with Crippen LogP contribution >= 0.6 is 0 Å². The first-order valence-corrected chi connectivity index (χ1v) is 2.91. The van der Waals surface area contributed by atoms with Crippen molar-refractivity contribution < 1.29 is 5.11 Å². The van der Waals surface area contributed by atoms with Crippen molar-refractivity contribution in [2.75, 3.05) is 6.54 Å². The summed E-state index contributed by atoms with van der Waals surface area (Å²) in [4.78, 5) is 0. The maximum atomic E-state index is 9.21. The van der Waals surface area contributed by atoms with Crippen molar-refractivity contribution in [3.8, 4) is 0 Å². The largest absolute Gasteiger partial charge is 0.390 e. The minimum atomic E-state index is -0.616. The van der Waals surface area contributed by atoms with Crippen molar-refractivity contribution in [1.82, 2.24) is 0 Å². The molecule has 8 heavy (non-hydrogen) atoms. The van der Waals surface area contributed by atoms with E-state index in [1.54, 1.807) is 13.8 Å². The molecule has 2 nitrogen and oxygen atoms in total. The summed E-state index contributed by atoms with van der Waals surface area (Å²) >= 11 is 0. The molecule has 0 radical (unpaired) electrons. The molecule has 50 valence electrons. The van der Waals surface area contributed by atoms with Gasteiger partial charge in [-0.05, 0) is 26.3 Å². The third kappa shape index (κ3) is 2.28. The fourth-order valence-corrected chi connectivity index (χ4v) is 0.288. The predicted molar refractivity (Wildman–Crippen MR) is 34.5 cm³/mol. The molecule has 2 heteroatoms. The quantitative estimate of drug-likeness (QED) is 0.548. The molecular weight excluding hydrogens is 102 g/mol. The number of hydrogen-bond donors (Lipinski definition) is 2. The van der Waals surface area contributed by atoms with Gasteiger partial charge in [-0.25, -0.2) is 0 Å². The van der Waals surface area contributed by atoms with Gasteiger partial charge < -0.3 is 10.8 Å². The van der Waals surface area contributed by atoms with E-state index < -0.39 is 5.60 Å². The molecule has 0 saturated heterocycles. The smallest absolute Gasteiger partial charge is 0.0629 e. The van der Waals surface area contributed by atoms with Crippen LogP contribution in [0.25, 0.3) is 0 Å². The van der Waals surface area contributed by atoms with Gasteiger partial charge in [-0.15, -0.1) is 0 Å². The van der Waals surface area contributed by atoms with Gasteiger partial charge in [0.25, 0.3) is 0 Å². The maximum absolute atomic E-state index is 9.21. The lowest BCUT2D eigenvalue weighted by Gasteiger charge is -2.23. The van der Waals surface area contributed by atoms with Gasteiger partial charge in [0, 0.05) is 0 Å². The van der Waals surface area contributed by atoms with E-state index in [4.69, 9.17) is 5.73 Å². The lowest BCUT2D eigenvalue weighted by atomic mass is 9.93. The van der Waals surface area contributed by atoms with Crippen LogP contribution in [0.1, 0.15) is 20.8 Å². The molecule has 0 amide bonds. The summed E-state index contributed by atoms with van der Waals surface area (Å²) in [5.41, 5.74) is 4.68. The van der Waals surface area contributed by atoms with E-state index in [9.17, 15) is 5.11 Å². The van der Waals surface area contributed by atoms with Crippen LogP contribution in [0.5, 0.6) is 0 Å². The molecule has 0 heterocycles. The Balaban J connectivity index is 3.62. The van der Waals surface area contributed by atoms with E-state index in [0.29, 0.717) is 6.54 Å². The predicted octanol–water partition coefficient (Wildman–Crippen LogP) is 0.352. The van der Waals surface area contributed by atoms with Crippen molar-refractivity contribution in [2.45, 2.75) is 26.4 Å². The van der Waals surface area contributed by atoms with Crippen molar-refractivity contribution in [3.05, 3.63) is 0 Å². The van der Waals surface area contributed by atoms with Crippen molar-refractivity contribution in [2.24, 2.45) is 11.7 Å². The molecule has 1 atom stereocenters. The molecule has 0 aromatic heterocycles. The lowest BCUT2D eigenvalue weighted by molar-refractivity contribution is 0.0287. The van der Waals surface area contributed by atoms with Gasteiger partial charge in [0.2, 0.25) is 0 Å². The van der Waals surface area contributed by atoms with E-state index in [0.717, 1.165) is 0 Å². The molecule has 0 aromatic rings. The van der Waals surface area contributed by atoms with Gasteiger partial charge in [-0.2, -0.15) is 0 Å².